The summed E-state index contributed by atoms with van der Waals surface area (Å²) in [5.74, 6) is 0.103. The number of nitrogens with zero attached hydrogens (tertiary/aromatic N) is 1. The number of thiol groups is 1. The molecule has 0 saturated carbocycles. The van der Waals surface area contributed by atoms with Crippen LogP contribution in [0.3, 0.4) is 0 Å². The number of fused-ring (bicyclic) bond motifs is 1. The highest BCUT2D eigenvalue weighted by molar-refractivity contribution is 7.81. The van der Waals surface area contributed by atoms with E-state index in [0.29, 0.717) is 19.4 Å². The average molecular weight is 249 g/mol. The Kier molecular flexibility index (Phi) is 2.64. The minimum Gasteiger partial charge on any atom is -0.390 e. The molecule has 3 nitrogen and oxygen atoms in total. The summed E-state index contributed by atoms with van der Waals surface area (Å²) in [5.41, 5.74) is 2.25. The summed E-state index contributed by atoms with van der Waals surface area (Å²) in [4.78, 5) is 13.7. The van der Waals surface area contributed by atoms with Crippen LogP contribution in [0, 0.1) is 0 Å². The highest BCUT2D eigenvalue weighted by Gasteiger charge is 2.41. The molecule has 4 heteroatoms. The van der Waals surface area contributed by atoms with Gasteiger partial charge < -0.3 is 10.0 Å². The lowest BCUT2D eigenvalue weighted by Crippen LogP contribution is -2.35. The van der Waals surface area contributed by atoms with Gasteiger partial charge in [0.05, 0.1) is 12.1 Å². The first-order chi connectivity index (χ1) is 8.16. The van der Waals surface area contributed by atoms with Crippen molar-refractivity contribution >= 4 is 18.5 Å². The largest absolute Gasteiger partial charge is 0.390 e. The standard InChI is InChI=1S/C13H15NO2S/c15-11-5-8-3-1-2-4-10(8)13(11)14-7-9(17)6-12(14)16/h1-4,9,11,13,15,17H,5-7H2. The summed E-state index contributed by atoms with van der Waals surface area (Å²) in [6, 6.07) is 7.80. The van der Waals surface area contributed by atoms with Gasteiger partial charge in [-0.05, 0) is 11.1 Å². The Morgan fingerprint density at radius 1 is 1.29 bits per heavy atom. The van der Waals surface area contributed by atoms with Crippen molar-refractivity contribution in [1.29, 1.82) is 0 Å². The second kappa shape index (κ2) is 4.03. The molecule has 1 heterocycles. The number of likely N-dealkylation sites (tertiary alicyclic amines) is 1. The fraction of sp³-hybridized carbons (Fsp3) is 0.462. The number of hydrogen-bond acceptors (Lipinski definition) is 3. The second-order valence-corrected chi connectivity index (χ2v) is 5.55. The maximum Gasteiger partial charge on any atom is 0.224 e. The molecule has 1 aliphatic carbocycles. The summed E-state index contributed by atoms with van der Waals surface area (Å²) in [5, 5.41) is 10.3. The number of benzene rings is 1. The second-order valence-electron chi connectivity index (χ2n) is 4.82. The molecular formula is C13H15NO2S. The molecule has 0 aromatic heterocycles. The summed E-state index contributed by atoms with van der Waals surface area (Å²) in [7, 11) is 0. The summed E-state index contributed by atoms with van der Waals surface area (Å²) >= 11 is 4.36. The van der Waals surface area contributed by atoms with Crippen LogP contribution in [0.2, 0.25) is 0 Å². The molecule has 1 amide bonds. The van der Waals surface area contributed by atoms with Crippen molar-refractivity contribution < 1.29 is 9.90 Å². The van der Waals surface area contributed by atoms with Crippen molar-refractivity contribution in [3.63, 3.8) is 0 Å². The van der Waals surface area contributed by atoms with Gasteiger partial charge in [0.15, 0.2) is 0 Å². The number of carbonyl (C=O) groups excluding carboxylic acids is 1. The van der Waals surface area contributed by atoms with E-state index in [-0.39, 0.29) is 17.2 Å². The van der Waals surface area contributed by atoms with Gasteiger partial charge >= 0.3 is 0 Å². The van der Waals surface area contributed by atoms with Crippen LogP contribution >= 0.6 is 12.6 Å². The molecule has 1 fully saturated rings. The molecule has 0 radical (unpaired) electrons. The zero-order valence-electron chi connectivity index (χ0n) is 9.41. The number of aliphatic hydroxyl groups is 1. The van der Waals surface area contributed by atoms with E-state index < -0.39 is 6.10 Å². The Hall–Kier alpha value is -1.00. The topological polar surface area (TPSA) is 40.5 Å². The lowest BCUT2D eigenvalue weighted by Gasteiger charge is -2.27. The molecule has 3 unspecified atom stereocenters. The lowest BCUT2D eigenvalue weighted by atomic mass is 10.1. The van der Waals surface area contributed by atoms with Crippen molar-refractivity contribution in [3.8, 4) is 0 Å². The minimum atomic E-state index is -0.477. The molecule has 0 spiro atoms. The number of carbonyl (C=O) groups is 1. The van der Waals surface area contributed by atoms with Gasteiger partial charge in [-0.1, -0.05) is 24.3 Å². The van der Waals surface area contributed by atoms with Gasteiger partial charge in [0, 0.05) is 24.6 Å². The molecule has 1 aliphatic heterocycles. The average Bonchev–Trinajstić information content (AvgIpc) is 2.77. The molecule has 1 aromatic rings. The third-order valence-electron chi connectivity index (χ3n) is 3.64. The first kappa shape index (κ1) is 11.1. The fourth-order valence-corrected chi connectivity index (χ4v) is 3.24. The van der Waals surface area contributed by atoms with Gasteiger partial charge in [0.2, 0.25) is 5.91 Å². The summed E-state index contributed by atoms with van der Waals surface area (Å²) in [6.45, 7) is 0.637. The van der Waals surface area contributed by atoms with Gasteiger partial charge in [-0.3, -0.25) is 4.79 Å². The van der Waals surface area contributed by atoms with Crippen molar-refractivity contribution in [2.75, 3.05) is 6.54 Å². The third-order valence-corrected chi connectivity index (χ3v) is 3.99. The SMILES string of the molecule is O=C1CC(S)CN1C1c2ccccc2CC1O. The van der Waals surface area contributed by atoms with Crippen molar-refractivity contribution in [2.24, 2.45) is 0 Å². The molecule has 1 saturated heterocycles. The number of aliphatic hydroxyl groups excluding tert-OH is 1. The van der Waals surface area contributed by atoms with E-state index in [4.69, 9.17) is 0 Å². The first-order valence-corrected chi connectivity index (χ1v) is 6.42. The van der Waals surface area contributed by atoms with E-state index in [1.165, 1.54) is 0 Å². The third kappa shape index (κ3) is 1.76. The van der Waals surface area contributed by atoms with Crippen molar-refractivity contribution in [3.05, 3.63) is 35.4 Å². The number of rotatable bonds is 1. The van der Waals surface area contributed by atoms with Crippen LogP contribution < -0.4 is 0 Å². The molecule has 90 valence electrons. The Bertz CT molecular complexity index is 462. The Labute approximate surface area is 106 Å². The molecular weight excluding hydrogens is 234 g/mol. The Morgan fingerprint density at radius 3 is 2.76 bits per heavy atom. The predicted octanol–water partition coefficient (Wildman–Crippen LogP) is 1.18. The molecule has 3 rings (SSSR count). The molecule has 0 bridgehead atoms. The smallest absolute Gasteiger partial charge is 0.224 e. The predicted molar refractivity (Wildman–Crippen MR) is 68.0 cm³/mol. The Morgan fingerprint density at radius 2 is 2.06 bits per heavy atom. The fourth-order valence-electron chi connectivity index (χ4n) is 2.91. The highest BCUT2D eigenvalue weighted by Crippen LogP contribution is 2.38. The summed E-state index contributed by atoms with van der Waals surface area (Å²) < 4.78 is 0. The summed E-state index contributed by atoms with van der Waals surface area (Å²) in [6.07, 6.45) is 0.645. The van der Waals surface area contributed by atoms with Gasteiger partial charge in [-0.15, -0.1) is 0 Å². The van der Waals surface area contributed by atoms with E-state index in [0.717, 1.165) is 11.1 Å². The maximum absolute atomic E-state index is 11.9. The van der Waals surface area contributed by atoms with Crippen LogP contribution in [-0.2, 0) is 11.2 Å². The van der Waals surface area contributed by atoms with Gasteiger partial charge in [-0.25, -0.2) is 0 Å². The van der Waals surface area contributed by atoms with E-state index in [1.807, 2.05) is 24.3 Å². The van der Waals surface area contributed by atoms with Crippen LogP contribution in [0.4, 0.5) is 0 Å². The van der Waals surface area contributed by atoms with Crippen LogP contribution in [0.5, 0.6) is 0 Å². The van der Waals surface area contributed by atoms with Gasteiger partial charge in [0.1, 0.15) is 0 Å². The highest BCUT2D eigenvalue weighted by atomic mass is 32.1. The molecule has 1 N–H and O–H groups in total. The molecule has 1 aromatic carbocycles. The van der Waals surface area contributed by atoms with E-state index >= 15 is 0 Å². The van der Waals surface area contributed by atoms with Crippen LogP contribution in [0.15, 0.2) is 24.3 Å². The normalized spacial score (nSPS) is 32.0. The molecule has 2 aliphatic rings. The lowest BCUT2D eigenvalue weighted by molar-refractivity contribution is -0.131. The van der Waals surface area contributed by atoms with Gasteiger partial charge in [0.25, 0.3) is 0 Å². The Balaban J connectivity index is 1.96. The van der Waals surface area contributed by atoms with E-state index in [2.05, 4.69) is 12.6 Å². The van der Waals surface area contributed by atoms with Crippen molar-refractivity contribution in [2.45, 2.75) is 30.2 Å². The maximum atomic E-state index is 11.9. The molecule has 17 heavy (non-hydrogen) atoms. The van der Waals surface area contributed by atoms with Crippen LogP contribution in [0.1, 0.15) is 23.6 Å². The van der Waals surface area contributed by atoms with Crippen molar-refractivity contribution in [1.82, 2.24) is 4.90 Å². The quantitative estimate of drug-likeness (QED) is 0.734. The number of amides is 1. The zero-order valence-corrected chi connectivity index (χ0v) is 10.3. The van der Waals surface area contributed by atoms with Crippen LogP contribution in [0.25, 0.3) is 0 Å². The first-order valence-electron chi connectivity index (χ1n) is 5.90. The monoisotopic (exact) mass is 249 g/mol. The zero-order chi connectivity index (χ0) is 12.0. The van der Waals surface area contributed by atoms with Crippen LogP contribution in [-0.4, -0.2) is 33.8 Å². The van der Waals surface area contributed by atoms with E-state index in [1.54, 1.807) is 4.90 Å². The minimum absolute atomic E-state index is 0.0995. The van der Waals surface area contributed by atoms with Gasteiger partial charge in [-0.2, -0.15) is 12.6 Å². The number of hydrogen-bond donors (Lipinski definition) is 2. The van der Waals surface area contributed by atoms with E-state index in [9.17, 15) is 9.90 Å². The molecule has 3 atom stereocenters.